The van der Waals surface area contributed by atoms with Crippen LogP contribution in [0.2, 0.25) is 0 Å². The molecule has 110 valence electrons. The molecule has 0 radical (unpaired) electrons. The lowest BCUT2D eigenvalue weighted by Crippen LogP contribution is -2.33. The van der Waals surface area contributed by atoms with Gasteiger partial charge in [0.1, 0.15) is 0 Å². The molecule has 1 unspecified atom stereocenters. The number of hydrogen-bond acceptors (Lipinski definition) is 2. The SMILES string of the molecule is O=C(OCC(F)(F)F)N1CCCC1c1cccc(Br)c1. The molecule has 1 atom stereocenters. The summed E-state index contributed by atoms with van der Waals surface area (Å²) < 4.78 is 41.4. The summed E-state index contributed by atoms with van der Waals surface area (Å²) in [5.74, 6) is 0. The molecule has 1 saturated heterocycles. The monoisotopic (exact) mass is 351 g/mol. The molecule has 0 N–H and O–H groups in total. The molecule has 3 nitrogen and oxygen atoms in total. The van der Waals surface area contributed by atoms with Crippen LogP contribution >= 0.6 is 15.9 Å². The normalized spacial score (nSPS) is 19.2. The fourth-order valence-electron chi connectivity index (χ4n) is 2.27. The molecule has 7 heteroatoms. The number of amides is 1. The second-order valence-corrected chi connectivity index (χ2v) is 5.49. The van der Waals surface area contributed by atoms with Gasteiger partial charge in [0.15, 0.2) is 6.61 Å². The van der Waals surface area contributed by atoms with E-state index in [2.05, 4.69) is 20.7 Å². The quantitative estimate of drug-likeness (QED) is 0.795. The number of rotatable bonds is 2. The van der Waals surface area contributed by atoms with E-state index in [0.29, 0.717) is 6.54 Å². The first-order chi connectivity index (χ1) is 9.37. The van der Waals surface area contributed by atoms with E-state index < -0.39 is 18.9 Å². The van der Waals surface area contributed by atoms with Gasteiger partial charge in [-0.1, -0.05) is 28.1 Å². The van der Waals surface area contributed by atoms with Crippen LogP contribution in [0.3, 0.4) is 0 Å². The van der Waals surface area contributed by atoms with Gasteiger partial charge in [0.05, 0.1) is 6.04 Å². The predicted molar refractivity (Wildman–Crippen MR) is 70.2 cm³/mol. The van der Waals surface area contributed by atoms with Crippen LogP contribution in [-0.4, -0.2) is 30.3 Å². The van der Waals surface area contributed by atoms with E-state index in [-0.39, 0.29) is 6.04 Å². The van der Waals surface area contributed by atoms with Crippen molar-refractivity contribution < 1.29 is 22.7 Å². The van der Waals surface area contributed by atoms with E-state index in [9.17, 15) is 18.0 Å². The number of halogens is 4. The Labute approximate surface area is 122 Å². The number of benzene rings is 1. The summed E-state index contributed by atoms with van der Waals surface area (Å²) in [6.45, 7) is -1.14. The number of carbonyl (C=O) groups excluding carboxylic acids is 1. The molecule has 0 spiro atoms. The molecule has 1 aliphatic heterocycles. The van der Waals surface area contributed by atoms with E-state index in [4.69, 9.17) is 0 Å². The summed E-state index contributed by atoms with van der Waals surface area (Å²) in [4.78, 5) is 13.1. The standard InChI is InChI=1S/C13H13BrF3NO2/c14-10-4-1-3-9(7-10)11-5-2-6-18(11)12(19)20-8-13(15,16)17/h1,3-4,7,11H,2,5-6,8H2. The molecule has 1 aliphatic rings. The fourth-order valence-corrected chi connectivity index (χ4v) is 2.69. The molecule has 0 saturated carbocycles. The highest BCUT2D eigenvalue weighted by atomic mass is 79.9. The summed E-state index contributed by atoms with van der Waals surface area (Å²) >= 11 is 3.34. The third-order valence-corrected chi connectivity index (χ3v) is 3.57. The van der Waals surface area contributed by atoms with Crippen molar-refractivity contribution in [3.05, 3.63) is 34.3 Å². The van der Waals surface area contributed by atoms with Crippen LogP contribution in [0.15, 0.2) is 28.7 Å². The minimum Gasteiger partial charge on any atom is -0.440 e. The largest absolute Gasteiger partial charge is 0.440 e. The van der Waals surface area contributed by atoms with E-state index in [1.165, 1.54) is 4.90 Å². The average Bonchev–Trinajstić information content (AvgIpc) is 2.84. The van der Waals surface area contributed by atoms with Crippen molar-refractivity contribution in [2.24, 2.45) is 0 Å². The number of ether oxygens (including phenoxy) is 1. The molecule has 1 aromatic carbocycles. The van der Waals surface area contributed by atoms with E-state index in [1.54, 1.807) is 0 Å². The summed E-state index contributed by atoms with van der Waals surface area (Å²) in [5.41, 5.74) is 0.890. The highest BCUT2D eigenvalue weighted by Crippen LogP contribution is 2.33. The van der Waals surface area contributed by atoms with Gasteiger partial charge in [-0.3, -0.25) is 0 Å². The lowest BCUT2D eigenvalue weighted by molar-refractivity contribution is -0.162. The topological polar surface area (TPSA) is 29.5 Å². The Kier molecular flexibility index (Phi) is 4.57. The number of hydrogen-bond donors (Lipinski definition) is 0. The molecular weight excluding hydrogens is 339 g/mol. The van der Waals surface area contributed by atoms with Crippen molar-refractivity contribution in [2.75, 3.05) is 13.2 Å². The molecule has 1 aromatic rings. The fraction of sp³-hybridized carbons (Fsp3) is 0.462. The molecule has 1 heterocycles. The maximum Gasteiger partial charge on any atom is 0.422 e. The minimum absolute atomic E-state index is 0.228. The summed E-state index contributed by atoms with van der Waals surface area (Å²) in [5, 5.41) is 0. The van der Waals surface area contributed by atoms with Crippen molar-refractivity contribution in [3.63, 3.8) is 0 Å². The van der Waals surface area contributed by atoms with Gasteiger partial charge in [-0.15, -0.1) is 0 Å². The van der Waals surface area contributed by atoms with Gasteiger partial charge in [-0.05, 0) is 30.5 Å². The molecular formula is C13H13BrF3NO2. The van der Waals surface area contributed by atoms with Gasteiger partial charge in [-0.25, -0.2) is 4.79 Å². The molecule has 1 fully saturated rings. The van der Waals surface area contributed by atoms with Gasteiger partial charge in [0.25, 0.3) is 0 Å². The van der Waals surface area contributed by atoms with E-state index >= 15 is 0 Å². The maximum atomic E-state index is 12.1. The van der Waals surface area contributed by atoms with Gasteiger partial charge in [-0.2, -0.15) is 13.2 Å². The zero-order chi connectivity index (χ0) is 14.8. The van der Waals surface area contributed by atoms with E-state index in [0.717, 1.165) is 22.9 Å². The first-order valence-electron chi connectivity index (χ1n) is 6.12. The van der Waals surface area contributed by atoms with Gasteiger partial charge in [0.2, 0.25) is 0 Å². The minimum atomic E-state index is -4.50. The highest BCUT2D eigenvalue weighted by Gasteiger charge is 2.35. The Morgan fingerprint density at radius 2 is 2.20 bits per heavy atom. The zero-order valence-corrected chi connectivity index (χ0v) is 12.1. The lowest BCUT2D eigenvalue weighted by atomic mass is 10.1. The van der Waals surface area contributed by atoms with Crippen LogP contribution in [0.1, 0.15) is 24.4 Å². The molecule has 1 amide bonds. The summed E-state index contributed by atoms with van der Waals surface area (Å²) in [7, 11) is 0. The number of likely N-dealkylation sites (tertiary alicyclic amines) is 1. The van der Waals surface area contributed by atoms with Crippen LogP contribution in [0, 0.1) is 0 Å². The number of alkyl halides is 3. The molecule has 2 rings (SSSR count). The van der Waals surface area contributed by atoms with Crippen molar-refractivity contribution >= 4 is 22.0 Å². The smallest absolute Gasteiger partial charge is 0.422 e. The van der Waals surface area contributed by atoms with Crippen LogP contribution in [0.25, 0.3) is 0 Å². The summed E-state index contributed by atoms with van der Waals surface area (Å²) in [6, 6.07) is 7.17. The Balaban J connectivity index is 2.05. The zero-order valence-electron chi connectivity index (χ0n) is 10.5. The van der Waals surface area contributed by atoms with Crippen molar-refractivity contribution in [1.82, 2.24) is 4.90 Å². The van der Waals surface area contributed by atoms with Crippen LogP contribution in [0.4, 0.5) is 18.0 Å². The first kappa shape index (κ1) is 15.2. The van der Waals surface area contributed by atoms with Crippen molar-refractivity contribution in [2.45, 2.75) is 25.1 Å². The first-order valence-corrected chi connectivity index (χ1v) is 6.92. The number of carbonyl (C=O) groups is 1. The highest BCUT2D eigenvalue weighted by molar-refractivity contribution is 9.10. The molecule has 0 aliphatic carbocycles. The second-order valence-electron chi connectivity index (χ2n) is 4.58. The third-order valence-electron chi connectivity index (χ3n) is 3.08. The maximum absolute atomic E-state index is 12.1. The number of nitrogens with zero attached hydrogens (tertiary/aromatic N) is 1. The molecule has 0 aromatic heterocycles. The Morgan fingerprint density at radius 3 is 2.85 bits per heavy atom. The van der Waals surface area contributed by atoms with Crippen LogP contribution < -0.4 is 0 Å². The lowest BCUT2D eigenvalue weighted by Gasteiger charge is -2.24. The predicted octanol–water partition coefficient (Wildman–Crippen LogP) is 4.28. The van der Waals surface area contributed by atoms with E-state index in [1.807, 2.05) is 24.3 Å². The van der Waals surface area contributed by atoms with Crippen molar-refractivity contribution in [1.29, 1.82) is 0 Å². The third kappa shape index (κ3) is 3.88. The van der Waals surface area contributed by atoms with Crippen LogP contribution in [0.5, 0.6) is 0 Å². The Bertz CT molecular complexity index is 493. The average molecular weight is 352 g/mol. The van der Waals surface area contributed by atoms with Crippen molar-refractivity contribution in [3.8, 4) is 0 Å². The Morgan fingerprint density at radius 1 is 1.45 bits per heavy atom. The molecule has 20 heavy (non-hydrogen) atoms. The summed E-state index contributed by atoms with van der Waals surface area (Å²) in [6.07, 6.45) is -3.94. The van der Waals surface area contributed by atoms with Gasteiger partial charge in [0, 0.05) is 11.0 Å². The van der Waals surface area contributed by atoms with Crippen LogP contribution in [-0.2, 0) is 4.74 Å². The molecule has 0 bridgehead atoms. The van der Waals surface area contributed by atoms with Gasteiger partial charge >= 0.3 is 12.3 Å². The Hall–Kier alpha value is -1.24. The van der Waals surface area contributed by atoms with Gasteiger partial charge < -0.3 is 9.64 Å². The second kappa shape index (κ2) is 6.03.